The molecule has 38 heavy (non-hydrogen) atoms. The maximum absolute atomic E-state index is 12.4. The second kappa shape index (κ2) is 12.5. The molecule has 1 unspecified atom stereocenters. The lowest BCUT2D eigenvalue weighted by molar-refractivity contribution is -0.136. The molecule has 0 aromatic heterocycles. The summed E-state index contributed by atoms with van der Waals surface area (Å²) in [7, 11) is 1.52. The molecule has 196 valence electrons. The number of ether oxygens (including phenoxy) is 5. The van der Waals surface area contributed by atoms with Crippen molar-refractivity contribution >= 4 is 5.97 Å². The zero-order chi connectivity index (χ0) is 26.9. The number of unbranched alkanes of at least 4 members (excludes halogenated alkanes) is 2. The zero-order valence-electron chi connectivity index (χ0n) is 21.4. The molecule has 0 saturated heterocycles. The van der Waals surface area contributed by atoms with Crippen LogP contribution in [0, 0.1) is 11.3 Å². The first-order valence-electron chi connectivity index (χ1n) is 12.4. The standard InChI is InChI=1S/C30H30N2O6/c1-3-4-7-16-35-21-12-10-20(11-13-21)29-23-15-14-22(17-27(23)38-30(32)24(29)18-31)37-28(33)19-36-26-9-6-5-8-25(26)34-2/h5-6,8-15,17,29H,3-4,7,16,19,32H2,1-2H3. The van der Waals surface area contributed by atoms with Crippen LogP contribution in [0.1, 0.15) is 43.2 Å². The van der Waals surface area contributed by atoms with Crippen molar-refractivity contribution in [3.63, 3.8) is 0 Å². The third-order valence-corrected chi connectivity index (χ3v) is 6.07. The number of allylic oxidation sites excluding steroid dienone is 1. The van der Waals surface area contributed by atoms with E-state index < -0.39 is 11.9 Å². The van der Waals surface area contributed by atoms with Gasteiger partial charge in [0, 0.05) is 11.6 Å². The number of hydrogen-bond donors (Lipinski definition) is 1. The van der Waals surface area contributed by atoms with Gasteiger partial charge in [-0.05, 0) is 42.3 Å². The molecule has 1 atom stereocenters. The Morgan fingerprint density at radius 2 is 1.74 bits per heavy atom. The molecule has 0 saturated carbocycles. The van der Waals surface area contributed by atoms with E-state index in [0.29, 0.717) is 29.4 Å². The zero-order valence-corrected chi connectivity index (χ0v) is 21.4. The monoisotopic (exact) mass is 514 g/mol. The molecule has 3 aromatic rings. The highest BCUT2D eigenvalue weighted by atomic mass is 16.6. The summed E-state index contributed by atoms with van der Waals surface area (Å²) in [5.74, 6) is 1.36. The van der Waals surface area contributed by atoms with Gasteiger partial charge in [-0.15, -0.1) is 0 Å². The third kappa shape index (κ3) is 6.19. The number of carbonyl (C=O) groups excluding carboxylic acids is 1. The number of nitrogens with two attached hydrogens (primary N) is 1. The van der Waals surface area contributed by atoms with Gasteiger partial charge in [0.1, 0.15) is 28.9 Å². The Labute approximate surface area is 222 Å². The van der Waals surface area contributed by atoms with Crippen molar-refractivity contribution in [1.82, 2.24) is 0 Å². The van der Waals surface area contributed by atoms with Crippen LogP contribution in [0.25, 0.3) is 0 Å². The van der Waals surface area contributed by atoms with Crippen LogP contribution in [0.3, 0.4) is 0 Å². The van der Waals surface area contributed by atoms with Crippen LogP contribution < -0.4 is 29.4 Å². The van der Waals surface area contributed by atoms with Gasteiger partial charge in [-0.1, -0.05) is 50.1 Å². The Bertz CT molecular complexity index is 1340. The van der Waals surface area contributed by atoms with E-state index in [9.17, 15) is 10.1 Å². The molecule has 1 aliphatic rings. The fourth-order valence-corrected chi connectivity index (χ4v) is 4.18. The van der Waals surface area contributed by atoms with E-state index in [1.165, 1.54) is 7.11 Å². The summed E-state index contributed by atoms with van der Waals surface area (Å²) in [6.45, 7) is 2.50. The number of carbonyl (C=O) groups is 1. The van der Waals surface area contributed by atoms with Crippen LogP contribution in [-0.4, -0.2) is 26.3 Å². The Balaban J connectivity index is 1.48. The van der Waals surface area contributed by atoms with Crippen LogP contribution in [0.4, 0.5) is 0 Å². The number of hydrogen-bond acceptors (Lipinski definition) is 8. The van der Waals surface area contributed by atoms with Crippen molar-refractivity contribution in [2.24, 2.45) is 5.73 Å². The van der Waals surface area contributed by atoms with E-state index in [-0.39, 0.29) is 18.2 Å². The second-order valence-corrected chi connectivity index (χ2v) is 8.66. The summed E-state index contributed by atoms with van der Waals surface area (Å²) >= 11 is 0. The molecule has 0 radical (unpaired) electrons. The number of nitriles is 1. The Kier molecular flexibility index (Phi) is 8.73. The fourth-order valence-electron chi connectivity index (χ4n) is 4.18. The topological polar surface area (TPSA) is 113 Å². The molecule has 0 fully saturated rings. The summed E-state index contributed by atoms with van der Waals surface area (Å²) in [5.41, 5.74) is 8.03. The number of nitrogens with zero attached hydrogens (tertiary/aromatic N) is 1. The number of para-hydroxylation sites is 2. The smallest absolute Gasteiger partial charge is 0.349 e. The summed E-state index contributed by atoms with van der Waals surface area (Å²) in [5, 5.41) is 9.82. The minimum absolute atomic E-state index is 0.00729. The van der Waals surface area contributed by atoms with Crippen molar-refractivity contribution in [1.29, 1.82) is 5.26 Å². The van der Waals surface area contributed by atoms with E-state index in [0.717, 1.165) is 36.1 Å². The molecule has 4 rings (SSSR count). The molecule has 8 heteroatoms. The van der Waals surface area contributed by atoms with Crippen LogP contribution in [0.5, 0.6) is 28.7 Å². The lowest BCUT2D eigenvalue weighted by atomic mass is 9.83. The molecule has 0 bridgehead atoms. The molecule has 2 N–H and O–H groups in total. The predicted octanol–water partition coefficient (Wildman–Crippen LogP) is 5.47. The van der Waals surface area contributed by atoms with Gasteiger partial charge in [0.15, 0.2) is 18.1 Å². The van der Waals surface area contributed by atoms with E-state index in [1.54, 1.807) is 42.5 Å². The minimum atomic E-state index is -0.598. The van der Waals surface area contributed by atoms with E-state index in [4.69, 9.17) is 29.4 Å². The van der Waals surface area contributed by atoms with Gasteiger partial charge in [-0.25, -0.2) is 4.79 Å². The van der Waals surface area contributed by atoms with Gasteiger partial charge < -0.3 is 29.4 Å². The summed E-state index contributed by atoms with van der Waals surface area (Å²) in [4.78, 5) is 12.4. The van der Waals surface area contributed by atoms with Crippen molar-refractivity contribution in [3.05, 3.63) is 89.3 Å². The Morgan fingerprint density at radius 3 is 2.45 bits per heavy atom. The number of methoxy groups -OCH3 is 1. The highest BCUT2D eigenvalue weighted by molar-refractivity contribution is 5.74. The normalized spacial score (nSPS) is 14.1. The van der Waals surface area contributed by atoms with E-state index in [1.807, 2.05) is 24.3 Å². The van der Waals surface area contributed by atoms with Gasteiger partial charge in [0.25, 0.3) is 0 Å². The van der Waals surface area contributed by atoms with Crippen molar-refractivity contribution < 1.29 is 28.5 Å². The van der Waals surface area contributed by atoms with Crippen molar-refractivity contribution in [2.75, 3.05) is 20.3 Å². The van der Waals surface area contributed by atoms with Gasteiger partial charge in [0.2, 0.25) is 5.88 Å². The Morgan fingerprint density at radius 1 is 1.00 bits per heavy atom. The predicted molar refractivity (Wildman–Crippen MR) is 141 cm³/mol. The SMILES string of the molecule is CCCCCOc1ccc(C2C(C#N)=C(N)Oc3cc(OC(=O)COc4ccccc4OC)ccc32)cc1. The molecule has 1 aliphatic heterocycles. The number of rotatable bonds is 11. The van der Waals surface area contributed by atoms with Crippen LogP contribution in [0.2, 0.25) is 0 Å². The average Bonchev–Trinajstić information content (AvgIpc) is 2.94. The van der Waals surface area contributed by atoms with Gasteiger partial charge in [0.05, 0.1) is 19.6 Å². The molecule has 3 aromatic carbocycles. The summed E-state index contributed by atoms with van der Waals surface area (Å²) in [6, 6.07) is 21.8. The minimum Gasteiger partial charge on any atom is -0.494 e. The maximum Gasteiger partial charge on any atom is 0.349 e. The molecule has 0 spiro atoms. The highest BCUT2D eigenvalue weighted by Crippen LogP contribution is 2.43. The van der Waals surface area contributed by atoms with Crippen molar-refractivity contribution in [2.45, 2.75) is 32.1 Å². The lowest BCUT2D eigenvalue weighted by Gasteiger charge is -2.26. The highest BCUT2D eigenvalue weighted by Gasteiger charge is 2.31. The first-order chi connectivity index (χ1) is 18.5. The molecular formula is C30H30N2O6. The van der Waals surface area contributed by atoms with E-state index in [2.05, 4.69) is 13.0 Å². The average molecular weight is 515 g/mol. The molecule has 8 nitrogen and oxygen atoms in total. The molecular weight excluding hydrogens is 484 g/mol. The van der Waals surface area contributed by atoms with Gasteiger partial charge in [-0.3, -0.25) is 0 Å². The lowest BCUT2D eigenvalue weighted by Crippen LogP contribution is -2.21. The third-order valence-electron chi connectivity index (χ3n) is 6.07. The first kappa shape index (κ1) is 26.4. The molecule has 0 aliphatic carbocycles. The van der Waals surface area contributed by atoms with Gasteiger partial charge >= 0.3 is 5.97 Å². The summed E-state index contributed by atoms with van der Waals surface area (Å²) in [6.07, 6.45) is 3.26. The molecule has 0 amide bonds. The quantitative estimate of drug-likeness (QED) is 0.204. The first-order valence-corrected chi connectivity index (χ1v) is 12.4. The van der Waals surface area contributed by atoms with Crippen LogP contribution in [-0.2, 0) is 4.79 Å². The fraction of sp³-hybridized carbons (Fsp3) is 0.267. The Hall–Kier alpha value is -4.64. The second-order valence-electron chi connectivity index (χ2n) is 8.66. The van der Waals surface area contributed by atoms with E-state index >= 15 is 0 Å². The number of fused-ring (bicyclic) bond motifs is 1. The van der Waals surface area contributed by atoms with Crippen LogP contribution in [0.15, 0.2) is 78.2 Å². The molecule has 1 heterocycles. The number of esters is 1. The maximum atomic E-state index is 12.4. The van der Waals surface area contributed by atoms with Crippen molar-refractivity contribution in [3.8, 4) is 34.8 Å². The summed E-state index contributed by atoms with van der Waals surface area (Å²) < 4.78 is 27.8. The van der Waals surface area contributed by atoms with Gasteiger partial charge in [-0.2, -0.15) is 5.26 Å². The number of benzene rings is 3. The largest absolute Gasteiger partial charge is 0.494 e. The van der Waals surface area contributed by atoms with Crippen LogP contribution >= 0.6 is 0 Å².